The summed E-state index contributed by atoms with van der Waals surface area (Å²) in [6.07, 6.45) is 0. The van der Waals surface area contributed by atoms with Gasteiger partial charge in [0.25, 0.3) is 11.6 Å². The van der Waals surface area contributed by atoms with E-state index >= 15 is 0 Å². The molecule has 11 heteroatoms. The van der Waals surface area contributed by atoms with Gasteiger partial charge in [0.05, 0.1) is 28.5 Å². The summed E-state index contributed by atoms with van der Waals surface area (Å²) in [6.45, 7) is 5.55. The van der Waals surface area contributed by atoms with Crippen LogP contribution < -0.4 is 10.1 Å². The molecular weight excluding hydrogens is 491 g/mol. The van der Waals surface area contributed by atoms with Crippen molar-refractivity contribution in [3.05, 3.63) is 104 Å². The number of aromatic nitrogens is 2. The fourth-order valence-electron chi connectivity index (χ4n) is 3.67. The van der Waals surface area contributed by atoms with E-state index in [0.29, 0.717) is 51.3 Å². The molecule has 4 aromatic rings. The van der Waals surface area contributed by atoms with E-state index in [1.807, 2.05) is 0 Å². The molecule has 2 heterocycles. The fraction of sp³-hybridized carbons (Fsp3) is 0.200. The van der Waals surface area contributed by atoms with E-state index in [2.05, 4.69) is 10.4 Å². The monoisotopic (exact) mass is 512 g/mol. The third kappa shape index (κ3) is 5.38. The molecule has 1 N–H and O–H groups in total. The number of ether oxygens (including phenoxy) is 1. The molecule has 0 fully saturated rings. The van der Waals surface area contributed by atoms with E-state index < -0.39 is 16.6 Å². The first-order valence-electron chi connectivity index (χ1n) is 10.9. The number of halogens is 2. The van der Waals surface area contributed by atoms with Gasteiger partial charge in [0.15, 0.2) is 5.76 Å². The Morgan fingerprint density at radius 1 is 1.19 bits per heavy atom. The molecular formula is C25H22ClFN4O5. The summed E-state index contributed by atoms with van der Waals surface area (Å²) in [5, 5.41) is 18.5. The largest absolute Gasteiger partial charge is 0.486 e. The van der Waals surface area contributed by atoms with Crippen LogP contribution in [0.2, 0.25) is 5.02 Å². The van der Waals surface area contributed by atoms with Gasteiger partial charge in [-0.2, -0.15) is 5.10 Å². The van der Waals surface area contributed by atoms with Crippen LogP contribution in [0.1, 0.15) is 38.8 Å². The average molecular weight is 513 g/mol. The zero-order valence-corrected chi connectivity index (χ0v) is 20.4. The number of nitrogens with zero attached hydrogens (tertiary/aromatic N) is 3. The van der Waals surface area contributed by atoms with Gasteiger partial charge in [-0.3, -0.25) is 19.6 Å². The van der Waals surface area contributed by atoms with Crippen molar-refractivity contribution >= 4 is 28.9 Å². The van der Waals surface area contributed by atoms with Crippen LogP contribution in [0.25, 0.3) is 0 Å². The lowest BCUT2D eigenvalue weighted by molar-refractivity contribution is -0.385. The van der Waals surface area contributed by atoms with Gasteiger partial charge in [-0.05, 0) is 62.7 Å². The minimum atomic E-state index is -0.460. The topological polar surface area (TPSA) is 112 Å². The number of amides is 1. The van der Waals surface area contributed by atoms with Crippen LogP contribution in [0.15, 0.2) is 52.9 Å². The number of rotatable bonds is 8. The van der Waals surface area contributed by atoms with Crippen molar-refractivity contribution in [2.24, 2.45) is 0 Å². The number of benzene rings is 2. The molecule has 2 aromatic heterocycles. The second kappa shape index (κ2) is 10.2. The molecule has 0 saturated heterocycles. The van der Waals surface area contributed by atoms with Crippen molar-refractivity contribution in [2.45, 2.75) is 33.9 Å². The highest BCUT2D eigenvalue weighted by Gasteiger charge is 2.19. The highest BCUT2D eigenvalue weighted by molar-refractivity contribution is 6.31. The summed E-state index contributed by atoms with van der Waals surface area (Å²) < 4.78 is 26.3. The Kier molecular flexibility index (Phi) is 7.07. The molecule has 2 aromatic carbocycles. The zero-order chi connectivity index (χ0) is 26.0. The SMILES string of the molecule is Cc1cc(OCc2ccc(C(=O)Nc3c(C)nn(Cc4ccc(F)cc4Cl)c3C)o2)ccc1[N+](=O)[O-]. The van der Waals surface area contributed by atoms with Crippen molar-refractivity contribution in [1.29, 1.82) is 0 Å². The molecule has 36 heavy (non-hydrogen) atoms. The van der Waals surface area contributed by atoms with Crippen LogP contribution in [-0.2, 0) is 13.2 Å². The van der Waals surface area contributed by atoms with Gasteiger partial charge < -0.3 is 14.5 Å². The van der Waals surface area contributed by atoms with Crippen molar-refractivity contribution < 1.29 is 23.3 Å². The van der Waals surface area contributed by atoms with Crippen molar-refractivity contribution in [1.82, 2.24) is 9.78 Å². The number of nitro groups is 1. The van der Waals surface area contributed by atoms with Crippen molar-refractivity contribution in [3.8, 4) is 5.75 Å². The van der Waals surface area contributed by atoms with Crippen molar-refractivity contribution in [3.63, 3.8) is 0 Å². The van der Waals surface area contributed by atoms with E-state index in [-0.39, 0.29) is 18.1 Å². The number of hydrogen-bond acceptors (Lipinski definition) is 6. The normalized spacial score (nSPS) is 10.9. The summed E-state index contributed by atoms with van der Waals surface area (Å²) in [6, 6.07) is 11.8. The zero-order valence-electron chi connectivity index (χ0n) is 19.7. The predicted molar refractivity (Wildman–Crippen MR) is 131 cm³/mol. The van der Waals surface area contributed by atoms with Crippen LogP contribution in [-0.4, -0.2) is 20.6 Å². The smallest absolute Gasteiger partial charge is 0.291 e. The first kappa shape index (κ1) is 24.9. The van der Waals surface area contributed by atoms with Gasteiger partial charge in [-0.15, -0.1) is 0 Å². The third-order valence-electron chi connectivity index (χ3n) is 5.59. The Morgan fingerprint density at radius 3 is 2.67 bits per heavy atom. The predicted octanol–water partition coefficient (Wildman–Crippen LogP) is 5.98. The lowest BCUT2D eigenvalue weighted by Gasteiger charge is -2.08. The third-order valence-corrected chi connectivity index (χ3v) is 5.94. The number of furan rings is 1. The first-order valence-corrected chi connectivity index (χ1v) is 11.3. The van der Waals surface area contributed by atoms with E-state index in [4.69, 9.17) is 20.8 Å². The Labute approximate surface area is 210 Å². The number of aryl methyl sites for hydroxylation is 2. The summed E-state index contributed by atoms with van der Waals surface area (Å²) >= 11 is 6.14. The van der Waals surface area contributed by atoms with Crippen LogP contribution >= 0.6 is 11.6 Å². The molecule has 1 amide bonds. The molecule has 9 nitrogen and oxygen atoms in total. The second-order valence-corrected chi connectivity index (χ2v) is 8.56. The van der Waals surface area contributed by atoms with Crippen LogP contribution in [0.4, 0.5) is 15.8 Å². The van der Waals surface area contributed by atoms with E-state index in [1.165, 1.54) is 30.3 Å². The minimum Gasteiger partial charge on any atom is -0.486 e. The van der Waals surface area contributed by atoms with Gasteiger partial charge in [-0.1, -0.05) is 17.7 Å². The number of nitrogens with one attached hydrogen (secondary N) is 1. The minimum absolute atomic E-state index is 0.00831. The molecule has 0 atom stereocenters. The van der Waals surface area contributed by atoms with Gasteiger partial charge in [-0.25, -0.2) is 4.39 Å². The molecule has 0 aliphatic heterocycles. The summed E-state index contributed by atoms with van der Waals surface area (Å²) in [4.78, 5) is 23.3. The van der Waals surface area contributed by atoms with E-state index in [9.17, 15) is 19.3 Å². The average Bonchev–Trinajstić information content (AvgIpc) is 3.40. The Bertz CT molecular complexity index is 1460. The maximum absolute atomic E-state index is 13.3. The molecule has 0 aliphatic carbocycles. The number of nitro benzene ring substituents is 1. The Balaban J connectivity index is 1.41. The summed E-state index contributed by atoms with van der Waals surface area (Å²) in [5.41, 5.74) is 3.01. The molecule has 186 valence electrons. The highest BCUT2D eigenvalue weighted by atomic mass is 35.5. The maximum Gasteiger partial charge on any atom is 0.291 e. The fourth-order valence-corrected chi connectivity index (χ4v) is 3.90. The lowest BCUT2D eigenvalue weighted by atomic mass is 10.2. The van der Waals surface area contributed by atoms with Gasteiger partial charge in [0.2, 0.25) is 0 Å². The molecule has 0 radical (unpaired) electrons. The van der Waals surface area contributed by atoms with Crippen LogP contribution in [0, 0.1) is 36.7 Å². The van der Waals surface area contributed by atoms with Crippen LogP contribution in [0.3, 0.4) is 0 Å². The Hall–Kier alpha value is -4.18. The van der Waals surface area contributed by atoms with Gasteiger partial charge in [0, 0.05) is 16.7 Å². The molecule has 0 saturated carbocycles. The van der Waals surface area contributed by atoms with Crippen LogP contribution in [0.5, 0.6) is 5.75 Å². The number of carbonyl (C=O) groups is 1. The molecule has 0 aliphatic rings. The highest BCUT2D eigenvalue weighted by Crippen LogP contribution is 2.26. The van der Waals surface area contributed by atoms with Gasteiger partial charge in [0.1, 0.15) is 23.9 Å². The molecule has 0 unspecified atom stereocenters. The molecule has 4 rings (SSSR count). The Morgan fingerprint density at radius 2 is 1.97 bits per heavy atom. The molecule has 0 bridgehead atoms. The quantitative estimate of drug-likeness (QED) is 0.229. The van der Waals surface area contributed by atoms with E-state index in [1.54, 1.807) is 43.7 Å². The standard InChI is InChI=1S/C25H22ClFN4O5/c1-14-10-19(6-8-22(14)31(33)34)35-13-20-7-9-23(36-20)25(32)28-24-15(2)29-30(16(24)3)12-17-4-5-18(27)11-21(17)26/h4-11H,12-13H2,1-3H3,(H,28,32). The summed E-state index contributed by atoms with van der Waals surface area (Å²) in [7, 11) is 0. The number of carbonyl (C=O) groups excluding carboxylic acids is 1. The van der Waals surface area contributed by atoms with Crippen molar-refractivity contribution in [2.75, 3.05) is 5.32 Å². The second-order valence-electron chi connectivity index (χ2n) is 8.15. The number of anilines is 1. The van der Waals surface area contributed by atoms with Gasteiger partial charge >= 0.3 is 0 Å². The molecule has 0 spiro atoms. The van der Waals surface area contributed by atoms with E-state index in [0.717, 1.165) is 0 Å². The maximum atomic E-state index is 13.3. The lowest BCUT2D eigenvalue weighted by Crippen LogP contribution is -2.12. The number of hydrogen-bond donors (Lipinski definition) is 1. The summed E-state index contributed by atoms with van der Waals surface area (Å²) in [5.74, 6) is 0.0578. The first-order chi connectivity index (χ1) is 17.1.